The number of ether oxygens (including phenoxy) is 1. The van der Waals surface area contributed by atoms with Crippen LogP contribution in [0.3, 0.4) is 0 Å². The van der Waals surface area contributed by atoms with Crippen LogP contribution in [-0.2, 0) is 29.7 Å². The third-order valence-corrected chi connectivity index (χ3v) is 6.25. The fourth-order valence-electron chi connectivity index (χ4n) is 4.14. The Kier molecular flexibility index (Phi) is 5.71. The van der Waals surface area contributed by atoms with E-state index in [2.05, 4.69) is 10.4 Å². The van der Waals surface area contributed by atoms with Gasteiger partial charge >= 0.3 is 0 Å². The predicted molar refractivity (Wildman–Crippen MR) is 122 cm³/mol. The molecule has 1 aliphatic heterocycles. The zero-order chi connectivity index (χ0) is 24.9. The Morgan fingerprint density at radius 2 is 2.03 bits per heavy atom. The van der Waals surface area contributed by atoms with E-state index in [1.54, 1.807) is 36.0 Å². The maximum atomic E-state index is 14.2. The monoisotopic (exact) mass is 504 g/mol. The van der Waals surface area contributed by atoms with Crippen LogP contribution >= 0.6 is 11.6 Å². The first kappa shape index (κ1) is 23.2. The van der Waals surface area contributed by atoms with Gasteiger partial charge in [0.1, 0.15) is 24.7 Å². The molecule has 0 bridgehead atoms. The largest absolute Gasteiger partial charge is 0.488 e. The van der Waals surface area contributed by atoms with Gasteiger partial charge in [-0.2, -0.15) is 5.10 Å². The molecule has 35 heavy (non-hydrogen) atoms. The summed E-state index contributed by atoms with van der Waals surface area (Å²) in [6.45, 7) is -0.509. The number of hydrogen-bond acceptors (Lipinski definition) is 4. The third-order valence-electron chi connectivity index (χ3n) is 6.01. The average molecular weight is 505 g/mol. The number of anilines is 1. The molecule has 182 valence electrons. The molecule has 1 saturated carbocycles. The van der Waals surface area contributed by atoms with Gasteiger partial charge in [0.2, 0.25) is 11.8 Å². The first-order valence-corrected chi connectivity index (χ1v) is 11.2. The van der Waals surface area contributed by atoms with Crippen molar-refractivity contribution in [3.8, 4) is 17.0 Å². The number of nitrogens with zero attached hydrogens (tertiary/aromatic N) is 3. The Morgan fingerprint density at radius 3 is 2.74 bits per heavy atom. The van der Waals surface area contributed by atoms with E-state index in [9.17, 15) is 22.8 Å². The van der Waals surface area contributed by atoms with Crippen LogP contribution in [0.25, 0.3) is 11.3 Å². The average Bonchev–Trinajstić information content (AvgIpc) is 3.25. The van der Waals surface area contributed by atoms with Gasteiger partial charge in [0.05, 0.1) is 23.7 Å². The number of fused-ring (bicyclic) bond motifs is 3. The lowest BCUT2D eigenvalue weighted by atomic mass is 10.0. The Bertz CT molecular complexity index is 1340. The van der Waals surface area contributed by atoms with Crippen LogP contribution in [0.4, 0.5) is 19.0 Å². The highest BCUT2D eigenvalue weighted by molar-refractivity contribution is 6.31. The van der Waals surface area contributed by atoms with E-state index in [-0.39, 0.29) is 24.4 Å². The van der Waals surface area contributed by atoms with Crippen LogP contribution in [0.5, 0.6) is 5.75 Å². The predicted octanol–water partition coefficient (Wildman–Crippen LogP) is 3.87. The number of aryl methyl sites for hydroxylation is 1. The van der Waals surface area contributed by atoms with Crippen molar-refractivity contribution in [1.82, 2.24) is 15.1 Å². The highest BCUT2D eigenvalue weighted by Gasteiger charge is 2.57. The zero-order valence-electron chi connectivity index (χ0n) is 18.5. The number of amides is 2. The van der Waals surface area contributed by atoms with Crippen molar-refractivity contribution in [3.63, 3.8) is 0 Å². The van der Waals surface area contributed by atoms with Crippen LogP contribution < -0.4 is 15.0 Å². The Balaban J connectivity index is 1.51. The minimum Gasteiger partial charge on any atom is -0.488 e. The summed E-state index contributed by atoms with van der Waals surface area (Å²) in [6, 6.07) is 9.62. The summed E-state index contributed by atoms with van der Waals surface area (Å²) in [7, 11) is 1.67. The van der Waals surface area contributed by atoms with Gasteiger partial charge in [-0.25, -0.2) is 13.2 Å². The molecule has 5 rings (SSSR count). The maximum Gasteiger partial charge on any atom is 0.270 e. The van der Waals surface area contributed by atoms with Gasteiger partial charge in [0.25, 0.3) is 5.92 Å². The van der Waals surface area contributed by atoms with E-state index in [0.29, 0.717) is 27.6 Å². The van der Waals surface area contributed by atoms with Crippen molar-refractivity contribution in [1.29, 1.82) is 0 Å². The number of carbonyl (C=O) groups excluding carboxylic acids is 2. The second-order valence-electron chi connectivity index (χ2n) is 8.54. The minimum atomic E-state index is -2.96. The molecule has 2 heterocycles. The molecule has 0 radical (unpaired) electrons. The summed E-state index contributed by atoms with van der Waals surface area (Å²) in [5.41, 5.74) is 1.95. The highest BCUT2D eigenvalue weighted by Crippen LogP contribution is 2.43. The number of nitrogens with one attached hydrogen (secondary N) is 1. The molecule has 1 unspecified atom stereocenters. The van der Waals surface area contributed by atoms with Crippen molar-refractivity contribution in [2.75, 3.05) is 11.4 Å². The first-order chi connectivity index (χ1) is 16.6. The second-order valence-corrected chi connectivity index (χ2v) is 8.97. The molecule has 2 aliphatic rings. The van der Waals surface area contributed by atoms with Gasteiger partial charge in [-0.15, -0.1) is 0 Å². The van der Waals surface area contributed by atoms with Gasteiger partial charge in [-0.1, -0.05) is 29.8 Å². The normalized spacial score (nSPS) is 17.1. The molecule has 2 amide bonds. The number of aromatic nitrogens is 2. The summed E-state index contributed by atoms with van der Waals surface area (Å²) in [6.07, 6.45) is -0.805. The summed E-state index contributed by atoms with van der Waals surface area (Å²) >= 11 is 6.17. The molecule has 0 saturated heterocycles. The minimum absolute atomic E-state index is 0.0545. The number of benzene rings is 2. The molecule has 1 aliphatic carbocycles. The SMILES string of the molecule is Cn1nc(N(CC(=O)NC2CC2(F)F)C(=O)Cc2ccccc2F)c2c1-c1cc(Cl)ccc1OC2. The molecular formula is C24H20ClF3N4O3. The quantitative estimate of drug-likeness (QED) is 0.553. The number of hydrogen-bond donors (Lipinski definition) is 1. The Labute approximate surface area is 203 Å². The van der Waals surface area contributed by atoms with E-state index < -0.39 is 42.6 Å². The van der Waals surface area contributed by atoms with Gasteiger partial charge in [0.15, 0.2) is 5.82 Å². The van der Waals surface area contributed by atoms with Crippen molar-refractivity contribution in [3.05, 3.63) is 64.4 Å². The van der Waals surface area contributed by atoms with Gasteiger partial charge < -0.3 is 10.1 Å². The summed E-state index contributed by atoms with van der Waals surface area (Å²) in [5.74, 6) is -4.21. The fraction of sp³-hybridized carbons (Fsp3) is 0.292. The van der Waals surface area contributed by atoms with Crippen molar-refractivity contribution in [2.24, 2.45) is 7.05 Å². The van der Waals surface area contributed by atoms with E-state index >= 15 is 0 Å². The molecule has 1 atom stereocenters. The molecule has 11 heteroatoms. The fourth-order valence-corrected chi connectivity index (χ4v) is 4.31. The molecule has 7 nitrogen and oxygen atoms in total. The molecule has 3 aromatic rings. The highest BCUT2D eigenvalue weighted by atomic mass is 35.5. The lowest BCUT2D eigenvalue weighted by Crippen LogP contribution is -2.43. The zero-order valence-corrected chi connectivity index (χ0v) is 19.3. The number of halogens is 4. The van der Waals surface area contributed by atoms with E-state index in [4.69, 9.17) is 16.3 Å². The smallest absolute Gasteiger partial charge is 0.270 e. The van der Waals surface area contributed by atoms with E-state index in [0.717, 1.165) is 4.90 Å². The summed E-state index contributed by atoms with van der Waals surface area (Å²) in [5, 5.41) is 7.18. The Morgan fingerprint density at radius 1 is 1.29 bits per heavy atom. The van der Waals surface area contributed by atoms with Crippen LogP contribution in [-0.4, -0.2) is 40.1 Å². The summed E-state index contributed by atoms with van der Waals surface area (Å²) in [4.78, 5) is 27.0. The lowest BCUT2D eigenvalue weighted by molar-refractivity contribution is -0.124. The van der Waals surface area contributed by atoms with Crippen molar-refractivity contribution < 1.29 is 27.5 Å². The maximum absolute atomic E-state index is 14.2. The van der Waals surface area contributed by atoms with E-state index in [1.807, 2.05) is 0 Å². The molecule has 2 aromatic carbocycles. The molecular weight excluding hydrogens is 485 g/mol. The molecule has 1 N–H and O–H groups in total. The van der Waals surface area contributed by atoms with Crippen molar-refractivity contribution in [2.45, 2.75) is 31.4 Å². The number of alkyl halides is 2. The van der Waals surface area contributed by atoms with Gasteiger partial charge in [0, 0.05) is 24.1 Å². The Hall–Kier alpha value is -3.53. The molecule has 0 spiro atoms. The van der Waals surface area contributed by atoms with Crippen molar-refractivity contribution >= 4 is 29.2 Å². The molecule has 1 fully saturated rings. The lowest BCUT2D eigenvalue weighted by Gasteiger charge is -2.24. The number of carbonyl (C=O) groups is 2. The third kappa shape index (κ3) is 4.45. The van der Waals surface area contributed by atoms with Crippen LogP contribution in [0.1, 0.15) is 17.5 Å². The second kappa shape index (κ2) is 8.60. The topological polar surface area (TPSA) is 76.5 Å². The molecule has 1 aromatic heterocycles. The van der Waals surface area contributed by atoms with Crippen LogP contribution in [0, 0.1) is 5.82 Å². The van der Waals surface area contributed by atoms with Gasteiger partial charge in [-0.05, 0) is 29.8 Å². The first-order valence-electron chi connectivity index (χ1n) is 10.8. The van der Waals surface area contributed by atoms with Crippen LogP contribution in [0.2, 0.25) is 5.02 Å². The van der Waals surface area contributed by atoms with E-state index in [1.165, 1.54) is 18.2 Å². The summed E-state index contributed by atoms with van der Waals surface area (Å²) < 4.78 is 48.3. The number of rotatable bonds is 6. The van der Waals surface area contributed by atoms with Crippen LogP contribution in [0.15, 0.2) is 42.5 Å². The van der Waals surface area contributed by atoms with Gasteiger partial charge in [-0.3, -0.25) is 19.2 Å². The standard InChI is InChI=1S/C24H20ClF3N4O3/c1-31-22-15-9-14(25)6-7-18(15)35-12-16(22)23(30-31)32(11-20(33)29-19-10-24(19,27)28)21(34)8-13-4-2-3-5-17(13)26/h2-7,9,19H,8,10-12H2,1H3,(H,29,33).